The van der Waals surface area contributed by atoms with Gasteiger partial charge in [-0.25, -0.2) is 0 Å². The third-order valence-electron chi connectivity index (χ3n) is 5.92. The number of ether oxygens (including phenoxy) is 6. The Morgan fingerprint density at radius 2 is 1.21 bits per heavy atom. The van der Waals surface area contributed by atoms with Gasteiger partial charge in [-0.1, -0.05) is 12.1 Å². The first kappa shape index (κ1) is 22.6. The predicted octanol–water partition coefficient (Wildman–Crippen LogP) is 5.37. The lowest BCUT2D eigenvalue weighted by molar-refractivity contribution is 0.133. The molecule has 0 aromatic heterocycles. The Bertz CT molecular complexity index is 1180. The fraction of sp³-hybridized carbons (Fsp3) is 0.259. The minimum atomic E-state index is -0.424. The van der Waals surface area contributed by atoms with Gasteiger partial charge in [0.05, 0.1) is 35.5 Å². The van der Waals surface area contributed by atoms with E-state index in [1.54, 1.807) is 42.7 Å². The minimum absolute atomic E-state index is 0.424. The fourth-order valence-electron chi connectivity index (χ4n) is 4.32. The van der Waals surface area contributed by atoms with Gasteiger partial charge in [-0.2, -0.15) is 0 Å². The third-order valence-corrected chi connectivity index (χ3v) is 5.92. The van der Waals surface area contributed by atoms with E-state index in [0.29, 0.717) is 23.0 Å². The van der Waals surface area contributed by atoms with E-state index in [1.807, 2.05) is 48.5 Å². The largest absolute Gasteiger partial charge is 0.497 e. The average molecular weight is 449 g/mol. The van der Waals surface area contributed by atoms with Crippen LogP contribution in [0.5, 0.6) is 28.7 Å². The summed E-state index contributed by atoms with van der Waals surface area (Å²) < 4.78 is 34.2. The first-order valence-corrected chi connectivity index (χ1v) is 10.5. The van der Waals surface area contributed by atoms with Gasteiger partial charge in [-0.3, -0.25) is 0 Å². The number of fused-ring (bicyclic) bond motifs is 2. The normalized spacial score (nSPS) is 14.4. The van der Waals surface area contributed by atoms with Crippen LogP contribution in [-0.2, 0) is 4.74 Å². The monoisotopic (exact) mass is 448 g/mol. The van der Waals surface area contributed by atoms with E-state index >= 15 is 0 Å². The molecule has 172 valence electrons. The Balaban J connectivity index is 2.11. The molecule has 0 spiro atoms. The van der Waals surface area contributed by atoms with Gasteiger partial charge in [0.15, 0.2) is 0 Å². The summed E-state index contributed by atoms with van der Waals surface area (Å²) in [5, 5.41) is 0. The van der Waals surface area contributed by atoms with Crippen LogP contribution >= 0.6 is 0 Å². The first-order chi connectivity index (χ1) is 16.1. The molecule has 1 atom stereocenters. The van der Waals surface area contributed by atoms with E-state index in [4.69, 9.17) is 28.4 Å². The SMILES string of the molecule is COc1ccc(C2=Cc3cc(OC)cc(OC)c3C(OC)c3cc(OC)cc(OC)c32)cc1. The molecule has 33 heavy (non-hydrogen) atoms. The topological polar surface area (TPSA) is 55.4 Å². The van der Waals surface area contributed by atoms with Gasteiger partial charge < -0.3 is 28.4 Å². The first-order valence-electron chi connectivity index (χ1n) is 10.5. The van der Waals surface area contributed by atoms with Crippen molar-refractivity contribution in [3.05, 3.63) is 76.3 Å². The Morgan fingerprint density at radius 3 is 1.79 bits per heavy atom. The van der Waals surface area contributed by atoms with Gasteiger partial charge in [0.1, 0.15) is 34.9 Å². The maximum absolute atomic E-state index is 6.07. The van der Waals surface area contributed by atoms with Gasteiger partial charge in [0.2, 0.25) is 0 Å². The molecule has 6 heteroatoms. The van der Waals surface area contributed by atoms with Gasteiger partial charge in [0.25, 0.3) is 0 Å². The van der Waals surface area contributed by atoms with Crippen molar-refractivity contribution in [1.82, 2.24) is 0 Å². The highest BCUT2D eigenvalue weighted by Gasteiger charge is 2.31. The summed E-state index contributed by atoms with van der Waals surface area (Å²) in [7, 11) is 9.93. The number of hydrogen-bond donors (Lipinski definition) is 0. The number of rotatable bonds is 7. The van der Waals surface area contributed by atoms with E-state index in [9.17, 15) is 0 Å². The second-order valence-electron chi connectivity index (χ2n) is 7.53. The third kappa shape index (κ3) is 3.98. The molecular weight excluding hydrogens is 420 g/mol. The molecule has 1 aliphatic rings. The van der Waals surface area contributed by atoms with E-state index in [0.717, 1.165) is 39.1 Å². The van der Waals surface area contributed by atoms with E-state index < -0.39 is 6.10 Å². The molecule has 1 unspecified atom stereocenters. The standard InChI is InChI=1S/C27H28O6/c1-28-18-9-7-16(8-10-18)21-12-17-11-19(29-2)14-23(31-4)25(17)27(33-6)22-13-20(30-3)15-24(32-5)26(21)22/h7-15,27H,1-6H3. The summed E-state index contributed by atoms with van der Waals surface area (Å²) in [4.78, 5) is 0. The second-order valence-corrected chi connectivity index (χ2v) is 7.53. The highest BCUT2D eigenvalue weighted by atomic mass is 16.5. The van der Waals surface area contributed by atoms with Crippen LogP contribution in [-0.4, -0.2) is 42.7 Å². The Labute approximate surface area is 194 Å². The van der Waals surface area contributed by atoms with Crippen molar-refractivity contribution in [3.63, 3.8) is 0 Å². The Morgan fingerprint density at radius 1 is 0.606 bits per heavy atom. The predicted molar refractivity (Wildman–Crippen MR) is 128 cm³/mol. The van der Waals surface area contributed by atoms with Crippen molar-refractivity contribution in [3.8, 4) is 28.7 Å². The van der Waals surface area contributed by atoms with Crippen molar-refractivity contribution < 1.29 is 28.4 Å². The number of hydrogen-bond acceptors (Lipinski definition) is 6. The molecule has 0 radical (unpaired) electrons. The van der Waals surface area contributed by atoms with Gasteiger partial charge >= 0.3 is 0 Å². The van der Waals surface area contributed by atoms with Crippen LogP contribution in [0.15, 0.2) is 48.5 Å². The molecule has 0 saturated carbocycles. The molecule has 3 aromatic carbocycles. The van der Waals surface area contributed by atoms with Crippen LogP contribution in [0.1, 0.15) is 33.9 Å². The fourth-order valence-corrected chi connectivity index (χ4v) is 4.32. The van der Waals surface area contributed by atoms with Gasteiger partial charge in [-0.05, 0) is 47.0 Å². The molecule has 0 heterocycles. The number of benzene rings is 3. The molecule has 0 fully saturated rings. The lowest BCUT2D eigenvalue weighted by Crippen LogP contribution is -2.10. The highest BCUT2D eigenvalue weighted by Crippen LogP contribution is 2.49. The molecular formula is C27H28O6. The minimum Gasteiger partial charge on any atom is -0.497 e. The number of methoxy groups -OCH3 is 6. The van der Waals surface area contributed by atoms with Gasteiger partial charge in [0, 0.05) is 35.9 Å². The molecule has 4 rings (SSSR count). The molecule has 0 saturated heterocycles. The molecule has 1 aliphatic carbocycles. The summed E-state index contributed by atoms with van der Waals surface area (Å²) in [6.45, 7) is 0. The molecule has 0 amide bonds. The lowest BCUT2D eigenvalue weighted by atomic mass is 9.90. The van der Waals surface area contributed by atoms with Crippen molar-refractivity contribution in [2.75, 3.05) is 42.7 Å². The van der Waals surface area contributed by atoms with Crippen molar-refractivity contribution in [1.29, 1.82) is 0 Å². The Kier molecular flexibility index (Phi) is 6.47. The van der Waals surface area contributed by atoms with Gasteiger partial charge in [-0.15, -0.1) is 0 Å². The van der Waals surface area contributed by atoms with Crippen LogP contribution in [0.25, 0.3) is 11.6 Å². The molecule has 0 aliphatic heterocycles. The molecule has 3 aromatic rings. The van der Waals surface area contributed by atoms with E-state index in [2.05, 4.69) is 6.08 Å². The van der Waals surface area contributed by atoms with Crippen molar-refractivity contribution in [2.45, 2.75) is 6.10 Å². The van der Waals surface area contributed by atoms with Crippen LogP contribution < -0.4 is 23.7 Å². The highest BCUT2D eigenvalue weighted by molar-refractivity contribution is 5.97. The maximum atomic E-state index is 6.07. The van der Waals surface area contributed by atoms with Crippen molar-refractivity contribution in [2.24, 2.45) is 0 Å². The Hall–Kier alpha value is -3.64. The molecule has 6 nitrogen and oxygen atoms in total. The summed E-state index contributed by atoms with van der Waals surface area (Å²) in [6.07, 6.45) is 1.70. The average Bonchev–Trinajstić information content (AvgIpc) is 3.01. The van der Waals surface area contributed by atoms with Crippen LogP contribution in [0.2, 0.25) is 0 Å². The van der Waals surface area contributed by atoms with Crippen LogP contribution in [0.3, 0.4) is 0 Å². The van der Waals surface area contributed by atoms with Crippen LogP contribution in [0, 0.1) is 0 Å². The summed E-state index contributed by atoms with van der Waals surface area (Å²) in [5.41, 5.74) is 5.65. The quantitative estimate of drug-likeness (QED) is 0.485. The van der Waals surface area contributed by atoms with Crippen molar-refractivity contribution >= 4 is 11.6 Å². The van der Waals surface area contributed by atoms with E-state index in [-0.39, 0.29) is 0 Å². The summed E-state index contributed by atoms with van der Waals surface area (Å²) in [6, 6.07) is 15.7. The smallest absolute Gasteiger partial charge is 0.130 e. The zero-order valence-electron chi connectivity index (χ0n) is 19.7. The zero-order chi connectivity index (χ0) is 23.5. The molecule has 0 N–H and O–H groups in total. The summed E-state index contributed by atoms with van der Waals surface area (Å²) in [5.74, 6) is 3.52. The van der Waals surface area contributed by atoms with E-state index in [1.165, 1.54) is 0 Å². The molecule has 0 bridgehead atoms. The van der Waals surface area contributed by atoms with Crippen LogP contribution in [0.4, 0.5) is 0 Å². The zero-order valence-corrected chi connectivity index (χ0v) is 19.7. The summed E-state index contributed by atoms with van der Waals surface area (Å²) >= 11 is 0. The lowest BCUT2D eigenvalue weighted by Gasteiger charge is -2.24. The second kappa shape index (κ2) is 9.46. The maximum Gasteiger partial charge on any atom is 0.130 e.